The number of rotatable bonds is 2. The molecule has 16 heavy (non-hydrogen) atoms. The Labute approximate surface area is 95.6 Å². The SMILES string of the molecule is N#Cc1cccc(-c2nscc2C(=O)O)c1. The number of carboxylic acids is 1. The minimum absolute atomic E-state index is 0.167. The molecule has 1 heterocycles. The van der Waals surface area contributed by atoms with E-state index in [4.69, 9.17) is 10.4 Å². The van der Waals surface area contributed by atoms with Gasteiger partial charge in [0.25, 0.3) is 0 Å². The first kappa shape index (κ1) is 10.3. The first-order valence-corrected chi connectivity index (χ1v) is 5.24. The maximum absolute atomic E-state index is 10.9. The fourth-order valence-corrected chi connectivity index (χ4v) is 2.01. The van der Waals surface area contributed by atoms with Crippen LogP contribution in [-0.2, 0) is 0 Å². The van der Waals surface area contributed by atoms with Crippen LogP contribution in [0.4, 0.5) is 0 Å². The van der Waals surface area contributed by atoms with Crippen molar-refractivity contribution in [1.29, 1.82) is 5.26 Å². The Hall–Kier alpha value is -2.19. The van der Waals surface area contributed by atoms with Gasteiger partial charge in [0.05, 0.1) is 22.9 Å². The van der Waals surface area contributed by atoms with Gasteiger partial charge in [0.15, 0.2) is 0 Å². The van der Waals surface area contributed by atoms with E-state index in [2.05, 4.69) is 4.37 Å². The van der Waals surface area contributed by atoms with E-state index in [0.717, 1.165) is 11.5 Å². The van der Waals surface area contributed by atoms with Crippen molar-refractivity contribution in [1.82, 2.24) is 4.37 Å². The highest BCUT2D eigenvalue weighted by atomic mass is 32.1. The van der Waals surface area contributed by atoms with Crippen LogP contribution in [0.1, 0.15) is 15.9 Å². The number of nitriles is 1. The molecule has 0 aliphatic carbocycles. The van der Waals surface area contributed by atoms with Crippen molar-refractivity contribution in [2.75, 3.05) is 0 Å². The molecule has 1 N–H and O–H groups in total. The molecule has 0 aliphatic heterocycles. The predicted octanol–water partition coefficient (Wildman–Crippen LogP) is 2.38. The molecule has 0 atom stereocenters. The molecule has 0 bridgehead atoms. The predicted molar refractivity (Wildman–Crippen MR) is 59.2 cm³/mol. The summed E-state index contributed by atoms with van der Waals surface area (Å²) in [5, 5.41) is 19.2. The molecule has 5 heteroatoms. The van der Waals surface area contributed by atoms with Crippen LogP contribution in [0.15, 0.2) is 29.6 Å². The van der Waals surface area contributed by atoms with Gasteiger partial charge in [0.2, 0.25) is 0 Å². The van der Waals surface area contributed by atoms with Gasteiger partial charge < -0.3 is 5.11 Å². The molecule has 78 valence electrons. The van der Waals surface area contributed by atoms with Gasteiger partial charge in [-0.2, -0.15) is 9.64 Å². The maximum atomic E-state index is 10.9. The van der Waals surface area contributed by atoms with Crippen molar-refractivity contribution < 1.29 is 9.90 Å². The van der Waals surface area contributed by atoms with Crippen molar-refractivity contribution >= 4 is 17.5 Å². The summed E-state index contributed by atoms with van der Waals surface area (Å²) in [7, 11) is 0. The van der Waals surface area contributed by atoms with E-state index >= 15 is 0 Å². The highest BCUT2D eigenvalue weighted by molar-refractivity contribution is 7.04. The van der Waals surface area contributed by atoms with E-state index in [1.54, 1.807) is 24.3 Å². The minimum atomic E-state index is -1.01. The van der Waals surface area contributed by atoms with Crippen LogP contribution >= 0.6 is 11.5 Å². The molecular weight excluding hydrogens is 224 g/mol. The molecule has 0 amide bonds. The Morgan fingerprint density at radius 1 is 1.50 bits per heavy atom. The van der Waals surface area contributed by atoms with Gasteiger partial charge in [0, 0.05) is 10.9 Å². The molecule has 0 saturated carbocycles. The Balaban J connectivity index is 2.55. The lowest BCUT2D eigenvalue weighted by molar-refractivity contribution is 0.0698. The Morgan fingerprint density at radius 2 is 2.31 bits per heavy atom. The average molecular weight is 230 g/mol. The number of hydrogen-bond donors (Lipinski definition) is 1. The van der Waals surface area contributed by atoms with Gasteiger partial charge >= 0.3 is 5.97 Å². The van der Waals surface area contributed by atoms with E-state index in [1.165, 1.54) is 5.38 Å². The average Bonchev–Trinajstić information content (AvgIpc) is 2.78. The summed E-state index contributed by atoms with van der Waals surface area (Å²) in [4.78, 5) is 10.9. The molecule has 0 aliphatic rings. The quantitative estimate of drug-likeness (QED) is 0.859. The number of carbonyl (C=O) groups is 1. The van der Waals surface area contributed by atoms with Gasteiger partial charge in [-0.3, -0.25) is 0 Å². The molecule has 2 rings (SSSR count). The summed E-state index contributed by atoms with van der Waals surface area (Å²) >= 11 is 1.09. The zero-order valence-electron chi connectivity index (χ0n) is 8.04. The molecule has 1 aromatic carbocycles. The summed E-state index contributed by atoms with van der Waals surface area (Å²) in [6.07, 6.45) is 0. The first-order chi connectivity index (χ1) is 7.72. The number of benzene rings is 1. The Kier molecular flexibility index (Phi) is 2.66. The van der Waals surface area contributed by atoms with E-state index in [-0.39, 0.29) is 5.56 Å². The lowest BCUT2D eigenvalue weighted by Gasteiger charge is -1.99. The van der Waals surface area contributed by atoms with Gasteiger partial charge in [-0.15, -0.1) is 0 Å². The third kappa shape index (κ3) is 1.78. The highest BCUT2D eigenvalue weighted by Gasteiger charge is 2.14. The highest BCUT2D eigenvalue weighted by Crippen LogP contribution is 2.24. The number of nitrogens with zero attached hydrogens (tertiary/aromatic N) is 2. The van der Waals surface area contributed by atoms with Crippen molar-refractivity contribution in [3.8, 4) is 17.3 Å². The lowest BCUT2D eigenvalue weighted by atomic mass is 10.1. The molecule has 0 saturated heterocycles. The van der Waals surface area contributed by atoms with Crippen molar-refractivity contribution in [2.45, 2.75) is 0 Å². The molecule has 0 spiro atoms. The molecule has 0 fully saturated rings. The standard InChI is InChI=1S/C11H6N2O2S/c12-5-7-2-1-3-8(4-7)10-9(11(14)15)6-16-13-10/h1-4,6H,(H,14,15). The van der Waals surface area contributed by atoms with Crippen LogP contribution in [0, 0.1) is 11.3 Å². The number of aromatic nitrogens is 1. The monoisotopic (exact) mass is 230 g/mol. The summed E-state index contributed by atoms with van der Waals surface area (Å²) in [5.74, 6) is -1.01. The second-order valence-corrected chi connectivity index (χ2v) is 3.70. The number of carboxylic acid groups (broad SMARTS) is 1. The Bertz CT molecular complexity index is 584. The van der Waals surface area contributed by atoms with Crippen molar-refractivity contribution in [3.63, 3.8) is 0 Å². The van der Waals surface area contributed by atoms with Crippen LogP contribution in [-0.4, -0.2) is 15.4 Å². The second kappa shape index (κ2) is 4.13. The molecule has 4 nitrogen and oxygen atoms in total. The lowest BCUT2D eigenvalue weighted by Crippen LogP contribution is -1.96. The first-order valence-electron chi connectivity index (χ1n) is 4.40. The smallest absolute Gasteiger partial charge is 0.338 e. The third-order valence-corrected chi connectivity index (χ3v) is 2.69. The third-order valence-electron chi connectivity index (χ3n) is 2.07. The molecule has 1 aromatic heterocycles. The summed E-state index contributed by atoms with van der Waals surface area (Å²) in [5.41, 5.74) is 1.72. The van der Waals surface area contributed by atoms with E-state index < -0.39 is 5.97 Å². The number of hydrogen-bond acceptors (Lipinski definition) is 4. The van der Waals surface area contributed by atoms with Crippen LogP contribution in [0.3, 0.4) is 0 Å². The maximum Gasteiger partial charge on any atom is 0.338 e. The topological polar surface area (TPSA) is 74.0 Å². The van der Waals surface area contributed by atoms with E-state index in [0.29, 0.717) is 16.8 Å². The van der Waals surface area contributed by atoms with Crippen LogP contribution in [0.5, 0.6) is 0 Å². The van der Waals surface area contributed by atoms with E-state index in [1.807, 2.05) is 6.07 Å². The van der Waals surface area contributed by atoms with Crippen LogP contribution in [0.2, 0.25) is 0 Å². The largest absolute Gasteiger partial charge is 0.478 e. The van der Waals surface area contributed by atoms with Crippen LogP contribution in [0.25, 0.3) is 11.3 Å². The van der Waals surface area contributed by atoms with Crippen molar-refractivity contribution in [3.05, 3.63) is 40.8 Å². The van der Waals surface area contributed by atoms with Crippen molar-refractivity contribution in [2.24, 2.45) is 0 Å². The summed E-state index contributed by atoms with van der Waals surface area (Å²) in [6, 6.07) is 8.74. The van der Waals surface area contributed by atoms with Gasteiger partial charge in [0.1, 0.15) is 0 Å². The normalized spacial score (nSPS) is 9.69. The summed E-state index contributed by atoms with van der Waals surface area (Å²) in [6.45, 7) is 0. The second-order valence-electron chi connectivity index (χ2n) is 3.07. The molecule has 2 aromatic rings. The van der Waals surface area contributed by atoms with E-state index in [9.17, 15) is 4.79 Å². The minimum Gasteiger partial charge on any atom is -0.478 e. The fourth-order valence-electron chi connectivity index (χ4n) is 1.33. The number of aromatic carboxylic acids is 1. The fraction of sp³-hybridized carbons (Fsp3) is 0. The molecule has 0 unspecified atom stereocenters. The zero-order valence-corrected chi connectivity index (χ0v) is 8.86. The van der Waals surface area contributed by atoms with Gasteiger partial charge in [-0.1, -0.05) is 12.1 Å². The molecule has 0 radical (unpaired) electrons. The van der Waals surface area contributed by atoms with Gasteiger partial charge in [-0.05, 0) is 23.7 Å². The molecular formula is C11H6N2O2S. The summed E-state index contributed by atoms with van der Waals surface area (Å²) < 4.78 is 4.03. The van der Waals surface area contributed by atoms with Crippen LogP contribution < -0.4 is 0 Å². The zero-order chi connectivity index (χ0) is 11.5. The van der Waals surface area contributed by atoms with Gasteiger partial charge in [-0.25, -0.2) is 4.79 Å². The Morgan fingerprint density at radius 3 is 3.00 bits per heavy atom.